The lowest BCUT2D eigenvalue weighted by Gasteiger charge is -2.21. The van der Waals surface area contributed by atoms with E-state index in [9.17, 15) is 0 Å². The van der Waals surface area contributed by atoms with Crippen molar-refractivity contribution in [3.05, 3.63) is 23.5 Å². The molecular formula is C12H17ClN2. The first kappa shape index (κ1) is 10.7. The number of halogens is 1. The molecule has 1 atom stereocenters. The minimum atomic E-state index is 0.537. The summed E-state index contributed by atoms with van der Waals surface area (Å²) in [5.41, 5.74) is 1.07. The van der Waals surface area contributed by atoms with Crippen LogP contribution in [0.3, 0.4) is 0 Å². The molecular weight excluding hydrogens is 208 g/mol. The number of nitrogens with zero attached hydrogens (tertiary/aromatic N) is 1. The van der Waals surface area contributed by atoms with Crippen molar-refractivity contribution in [3.63, 3.8) is 0 Å². The molecule has 2 rings (SSSR count). The molecule has 0 aliphatic heterocycles. The van der Waals surface area contributed by atoms with Crippen molar-refractivity contribution in [3.8, 4) is 0 Å². The van der Waals surface area contributed by atoms with Crippen LogP contribution in [0.1, 0.15) is 32.6 Å². The van der Waals surface area contributed by atoms with Gasteiger partial charge in [-0.2, -0.15) is 0 Å². The maximum Gasteiger partial charge on any atom is 0.129 e. The van der Waals surface area contributed by atoms with Gasteiger partial charge in [-0.1, -0.05) is 24.4 Å². The Morgan fingerprint density at radius 1 is 1.40 bits per heavy atom. The van der Waals surface area contributed by atoms with Crippen LogP contribution in [0.2, 0.25) is 5.15 Å². The molecule has 1 N–H and O–H groups in total. The third kappa shape index (κ3) is 2.85. The Morgan fingerprint density at radius 3 is 2.73 bits per heavy atom. The van der Waals surface area contributed by atoms with Crippen LogP contribution >= 0.6 is 11.6 Å². The van der Waals surface area contributed by atoms with Crippen molar-refractivity contribution in [2.24, 2.45) is 5.92 Å². The first-order valence-electron chi connectivity index (χ1n) is 5.64. The molecule has 1 aromatic heterocycles. The molecule has 0 radical (unpaired) electrons. The van der Waals surface area contributed by atoms with Crippen LogP contribution in [-0.2, 0) is 0 Å². The molecule has 3 heteroatoms. The molecule has 1 fully saturated rings. The van der Waals surface area contributed by atoms with E-state index in [4.69, 9.17) is 11.6 Å². The smallest absolute Gasteiger partial charge is 0.129 e. The Balaban J connectivity index is 1.92. The van der Waals surface area contributed by atoms with Gasteiger partial charge in [0.25, 0.3) is 0 Å². The summed E-state index contributed by atoms with van der Waals surface area (Å²) in [5, 5.41) is 4.04. The second-order valence-electron chi connectivity index (χ2n) is 4.35. The predicted molar refractivity (Wildman–Crippen MR) is 64.3 cm³/mol. The maximum absolute atomic E-state index is 5.74. The van der Waals surface area contributed by atoms with Gasteiger partial charge in [-0.05, 0) is 37.8 Å². The van der Waals surface area contributed by atoms with Gasteiger partial charge in [0.15, 0.2) is 0 Å². The number of anilines is 1. The highest BCUT2D eigenvalue weighted by atomic mass is 35.5. The topological polar surface area (TPSA) is 24.9 Å². The van der Waals surface area contributed by atoms with Crippen LogP contribution in [0.25, 0.3) is 0 Å². The zero-order chi connectivity index (χ0) is 10.7. The van der Waals surface area contributed by atoms with E-state index in [1.54, 1.807) is 6.20 Å². The predicted octanol–water partition coefficient (Wildman–Crippen LogP) is 3.73. The third-order valence-electron chi connectivity index (χ3n) is 3.23. The van der Waals surface area contributed by atoms with E-state index in [1.807, 2.05) is 12.1 Å². The van der Waals surface area contributed by atoms with Crippen LogP contribution in [0.5, 0.6) is 0 Å². The average Bonchev–Trinajstić information content (AvgIpc) is 2.74. The zero-order valence-electron chi connectivity index (χ0n) is 9.04. The van der Waals surface area contributed by atoms with E-state index in [-0.39, 0.29) is 0 Å². The second kappa shape index (κ2) is 4.84. The highest BCUT2D eigenvalue weighted by Crippen LogP contribution is 2.29. The SMILES string of the molecule is CC(Nc1ccc(Cl)nc1)C1CCCC1. The third-order valence-corrected chi connectivity index (χ3v) is 3.45. The Morgan fingerprint density at radius 2 is 2.13 bits per heavy atom. The van der Waals surface area contributed by atoms with E-state index in [1.165, 1.54) is 25.7 Å². The van der Waals surface area contributed by atoms with Crippen molar-refractivity contribution in [1.82, 2.24) is 4.98 Å². The Labute approximate surface area is 96.1 Å². The normalized spacial score (nSPS) is 19.1. The molecule has 1 aliphatic carbocycles. The average molecular weight is 225 g/mol. The Bertz CT molecular complexity index is 304. The molecule has 1 aliphatic rings. The minimum absolute atomic E-state index is 0.537. The monoisotopic (exact) mass is 224 g/mol. The summed E-state index contributed by atoms with van der Waals surface area (Å²) >= 11 is 5.74. The van der Waals surface area contributed by atoms with Crippen molar-refractivity contribution < 1.29 is 0 Å². The molecule has 1 heterocycles. The number of nitrogens with one attached hydrogen (secondary N) is 1. The van der Waals surface area contributed by atoms with Crippen molar-refractivity contribution in [2.75, 3.05) is 5.32 Å². The molecule has 2 nitrogen and oxygen atoms in total. The second-order valence-corrected chi connectivity index (χ2v) is 4.73. The van der Waals surface area contributed by atoms with E-state index in [2.05, 4.69) is 17.2 Å². The highest BCUT2D eigenvalue weighted by Gasteiger charge is 2.21. The molecule has 0 bridgehead atoms. The highest BCUT2D eigenvalue weighted by molar-refractivity contribution is 6.29. The van der Waals surface area contributed by atoms with Gasteiger partial charge < -0.3 is 5.32 Å². The number of hydrogen-bond donors (Lipinski definition) is 1. The maximum atomic E-state index is 5.74. The molecule has 0 saturated heterocycles. The molecule has 0 aromatic carbocycles. The van der Waals surface area contributed by atoms with Gasteiger partial charge in [0.1, 0.15) is 5.15 Å². The van der Waals surface area contributed by atoms with E-state index in [0.717, 1.165) is 11.6 Å². The Kier molecular flexibility index (Phi) is 3.47. The lowest BCUT2D eigenvalue weighted by molar-refractivity contribution is 0.482. The summed E-state index contributed by atoms with van der Waals surface area (Å²) in [6.45, 7) is 2.25. The first-order valence-corrected chi connectivity index (χ1v) is 6.01. The van der Waals surface area contributed by atoms with E-state index < -0.39 is 0 Å². The fourth-order valence-corrected chi connectivity index (χ4v) is 2.41. The molecule has 0 amide bonds. The summed E-state index contributed by atoms with van der Waals surface area (Å²) in [4.78, 5) is 4.06. The molecule has 0 spiro atoms. The standard InChI is InChI=1S/C12H17ClN2/c1-9(10-4-2-3-5-10)15-11-6-7-12(13)14-8-11/h6-10,15H,2-5H2,1H3. The molecule has 1 aromatic rings. The van der Waals surface area contributed by atoms with Gasteiger partial charge >= 0.3 is 0 Å². The summed E-state index contributed by atoms with van der Waals surface area (Å²) in [7, 11) is 0. The fourth-order valence-electron chi connectivity index (χ4n) is 2.30. The first-order chi connectivity index (χ1) is 7.25. The summed E-state index contributed by atoms with van der Waals surface area (Å²) < 4.78 is 0. The largest absolute Gasteiger partial charge is 0.381 e. The lowest BCUT2D eigenvalue weighted by Crippen LogP contribution is -2.23. The minimum Gasteiger partial charge on any atom is -0.381 e. The van der Waals surface area contributed by atoms with Gasteiger partial charge in [-0.3, -0.25) is 0 Å². The molecule has 15 heavy (non-hydrogen) atoms. The molecule has 82 valence electrons. The fraction of sp³-hybridized carbons (Fsp3) is 0.583. The van der Waals surface area contributed by atoms with Gasteiger partial charge in [0.05, 0.1) is 11.9 Å². The quantitative estimate of drug-likeness (QED) is 0.792. The summed E-state index contributed by atoms with van der Waals surface area (Å²) in [6, 6.07) is 4.35. The summed E-state index contributed by atoms with van der Waals surface area (Å²) in [5.74, 6) is 0.820. The van der Waals surface area contributed by atoms with Crippen molar-refractivity contribution in [1.29, 1.82) is 0 Å². The van der Waals surface area contributed by atoms with Crippen LogP contribution in [0.15, 0.2) is 18.3 Å². The van der Waals surface area contributed by atoms with Crippen LogP contribution in [-0.4, -0.2) is 11.0 Å². The van der Waals surface area contributed by atoms with Crippen LogP contribution in [0, 0.1) is 5.92 Å². The van der Waals surface area contributed by atoms with Gasteiger partial charge in [0.2, 0.25) is 0 Å². The van der Waals surface area contributed by atoms with Crippen molar-refractivity contribution in [2.45, 2.75) is 38.6 Å². The zero-order valence-corrected chi connectivity index (χ0v) is 9.80. The summed E-state index contributed by atoms with van der Waals surface area (Å²) in [6.07, 6.45) is 7.28. The number of pyridine rings is 1. The lowest BCUT2D eigenvalue weighted by atomic mass is 10.00. The van der Waals surface area contributed by atoms with E-state index in [0.29, 0.717) is 11.2 Å². The van der Waals surface area contributed by atoms with Crippen molar-refractivity contribution >= 4 is 17.3 Å². The number of aromatic nitrogens is 1. The van der Waals surface area contributed by atoms with Gasteiger partial charge in [-0.15, -0.1) is 0 Å². The number of hydrogen-bond acceptors (Lipinski definition) is 2. The molecule has 1 unspecified atom stereocenters. The Hall–Kier alpha value is -0.760. The van der Waals surface area contributed by atoms with E-state index >= 15 is 0 Å². The number of rotatable bonds is 3. The van der Waals surface area contributed by atoms with Crippen LogP contribution in [0.4, 0.5) is 5.69 Å². The molecule has 1 saturated carbocycles. The van der Waals surface area contributed by atoms with Crippen LogP contribution < -0.4 is 5.32 Å². The van der Waals surface area contributed by atoms with Gasteiger partial charge in [-0.25, -0.2) is 4.98 Å². The van der Waals surface area contributed by atoms with Gasteiger partial charge in [0, 0.05) is 6.04 Å².